The Kier molecular flexibility index (Phi) is 4.34. The molecule has 4 nitrogen and oxygen atoms in total. The van der Waals surface area contributed by atoms with Gasteiger partial charge in [0, 0.05) is 37.9 Å². The molecule has 1 fully saturated rings. The van der Waals surface area contributed by atoms with E-state index in [1.807, 2.05) is 6.07 Å². The third-order valence-corrected chi connectivity index (χ3v) is 3.06. The second-order valence-electron chi connectivity index (χ2n) is 4.21. The van der Waals surface area contributed by atoms with Gasteiger partial charge in [-0.1, -0.05) is 11.6 Å². The fraction of sp³-hybridized carbons (Fsp3) is 0.500. The van der Waals surface area contributed by atoms with Gasteiger partial charge in [0.1, 0.15) is 0 Å². The molecule has 1 aromatic rings. The minimum absolute atomic E-state index is 0.189. The van der Waals surface area contributed by atoms with Crippen molar-refractivity contribution in [2.75, 3.05) is 13.1 Å². The summed E-state index contributed by atoms with van der Waals surface area (Å²) in [7, 11) is 0. The number of nitrogens with one attached hydrogen (secondary N) is 2. The van der Waals surface area contributed by atoms with Gasteiger partial charge in [-0.25, -0.2) is 0 Å². The van der Waals surface area contributed by atoms with E-state index in [0.29, 0.717) is 18.1 Å². The molecule has 0 unspecified atom stereocenters. The molecule has 1 aromatic heterocycles. The number of rotatable bonds is 6. The summed E-state index contributed by atoms with van der Waals surface area (Å²) < 4.78 is 0. The van der Waals surface area contributed by atoms with Crippen molar-refractivity contribution in [1.29, 1.82) is 0 Å². The van der Waals surface area contributed by atoms with Crippen LogP contribution in [0.15, 0.2) is 18.5 Å². The number of hydrogen-bond donors (Lipinski definition) is 2. The van der Waals surface area contributed by atoms with Gasteiger partial charge in [0.2, 0.25) is 5.91 Å². The molecule has 2 N–H and O–H groups in total. The fourth-order valence-corrected chi connectivity index (χ4v) is 1.72. The van der Waals surface area contributed by atoms with Gasteiger partial charge in [-0.05, 0) is 24.5 Å². The van der Waals surface area contributed by atoms with Crippen LogP contribution in [0.1, 0.15) is 18.4 Å². The first-order valence-corrected chi connectivity index (χ1v) is 6.22. The first kappa shape index (κ1) is 12.3. The number of carbonyl (C=O) groups is 1. The molecule has 2 rings (SSSR count). The molecule has 92 valence electrons. The maximum Gasteiger partial charge on any atom is 0.223 e. The Morgan fingerprint density at radius 3 is 3.00 bits per heavy atom. The van der Waals surface area contributed by atoms with Crippen molar-refractivity contribution in [3.63, 3.8) is 0 Å². The van der Waals surface area contributed by atoms with Crippen molar-refractivity contribution in [3.8, 4) is 0 Å². The number of carbonyl (C=O) groups excluding carboxylic acids is 1. The van der Waals surface area contributed by atoms with E-state index in [4.69, 9.17) is 11.6 Å². The molecular formula is C12H16ClN3O. The Morgan fingerprint density at radius 1 is 1.47 bits per heavy atom. The Labute approximate surface area is 106 Å². The number of hydrogen-bond acceptors (Lipinski definition) is 3. The predicted octanol–water partition coefficient (Wildman–Crippen LogP) is 1.35. The molecular weight excluding hydrogens is 238 g/mol. The maximum absolute atomic E-state index is 11.3. The van der Waals surface area contributed by atoms with E-state index in [2.05, 4.69) is 15.6 Å². The number of amides is 1. The van der Waals surface area contributed by atoms with Crippen LogP contribution in [-0.2, 0) is 11.3 Å². The first-order chi connectivity index (χ1) is 8.27. The van der Waals surface area contributed by atoms with E-state index < -0.39 is 0 Å². The lowest BCUT2D eigenvalue weighted by Crippen LogP contribution is -2.32. The highest BCUT2D eigenvalue weighted by Crippen LogP contribution is 2.28. The van der Waals surface area contributed by atoms with Gasteiger partial charge >= 0.3 is 0 Å². The first-order valence-electron chi connectivity index (χ1n) is 5.84. The van der Waals surface area contributed by atoms with Crippen molar-refractivity contribution in [3.05, 3.63) is 29.0 Å². The normalized spacial score (nSPS) is 14.6. The zero-order valence-electron chi connectivity index (χ0n) is 9.58. The van der Waals surface area contributed by atoms with E-state index >= 15 is 0 Å². The van der Waals surface area contributed by atoms with Crippen LogP contribution in [-0.4, -0.2) is 24.0 Å². The van der Waals surface area contributed by atoms with E-state index in [1.54, 1.807) is 12.4 Å². The Morgan fingerprint density at radius 2 is 2.29 bits per heavy atom. The molecule has 0 atom stereocenters. The summed E-state index contributed by atoms with van der Waals surface area (Å²) in [4.78, 5) is 15.2. The van der Waals surface area contributed by atoms with Gasteiger partial charge in [-0.15, -0.1) is 0 Å². The summed E-state index contributed by atoms with van der Waals surface area (Å²) in [6.07, 6.45) is 5.45. The van der Waals surface area contributed by atoms with Crippen molar-refractivity contribution in [2.24, 2.45) is 5.92 Å². The van der Waals surface area contributed by atoms with Gasteiger partial charge in [0.15, 0.2) is 0 Å². The van der Waals surface area contributed by atoms with Gasteiger partial charge in [-0.3, -0.25) is 9.78 Å². The second-order valence-corrected chi connectivity index (χ2v) is 4.62. The van der Waals surface area contributed by atoms with Gasteiger partial charge in [-0.2, -0.15) is 0 Å². The molecule has 0 aromatic carbocycles. The molecule has 1 aliphatic rings. The Hall–Kier alpha value is -1.13. The van der Waals surface area contributed by atoms with Gasteiger partial charge in [0.05, 0.1) is 5.02 Å². The largest absolute Gasteiger partial charge is 0.355 e. The predicted molar refractivity (Wildman–Crippen MR) is 66.7 cm³/mol. The van der Waals surface area contributed by atoms with Crippen LogP contribution in [0.4, 0.5) is 0 Å². The SMILES string of the molecule is O=C(NCCNCc1ccncc1Cl)C1CC1. The highest BCUT2D eigenvalue weighted by Gasteiger charge is 2.28. The van der Waals surface area contributed by atoms with Crippen molar-refractivity contribution in [2.45, 2.75) is 19.4 Å². The fourth-order valence-electron chi connectivity index (χ4n) is 1.53. The summed E-state index contributed by atoms with van der Waals surface area (Å²) >= 11 is 5.97. The minimum Gasteiger partial charge on any atom is -0.355 e. The highest BCUT2D eigenvalue weighted by atomic mass is 35.5. The third-order valence-electron chi connectivity index (χ3n) is 2.72. The number of aromatic nitrogens is 1. The number of nitrogens with zero attached hydrogens (tertiary/aromatic N) is 1. The molecule has 1 aliphatic carbocycles. The maximum atomic E-state index is 11.3. The highest BCUT2D eigenvalue weighted by molar-refractivity contribution is 6.31. The van der Waals surface area contributed by atoms with Crippen LogP contribution in [0, 0.1) is 5.92 Å². The van der Waals surface area contributed by atoms with Crippen LogP contribution < -0.4 is 10.6 Å². The molecule has 17 heavy (non-hydrogen) atoms. The van der Waals surface area contributed by atoms with Crippen molar-refractivity contribution >= 4 is 17.5 Å². The quantitative estimate of drug-likeness (QED) is 0.753. The zero-order valence-corrected chi connectivity index (χ0v) is 10.3. The Bertz CT molecular complexity index is 393. The van der Waals surface area contributed by atoms with Crippen LogP contribution >= 0.6 is 11.6 Å². The molecule has 0 spiro atoms. The van der Waals surface area contributed by atoms with E-state index in [1.165, 1.54) is 0 Å². The average molecular weight is 254 g/mol. The average Bonchev–Trinajstić information content (AvgIpc) is 3.14. The monoisotopic (exact) mass is 253 g/mol. The summed E-state index contributed by atoms with van der Waals surface area (Å²) in [6.45, 7) is 2.11. The van der Waals surface area contributed by atoms with Crippen molar-refractivity contribution in [1.82, 2.24) is 15.6 Å². The topological polar surface area (TPSA) is 54.0 Å². The number of halogens is 1. The summed E-state index contributed by atoms with van der Waals surface area (Å²) in [5.74, 6) is 0.471. The van der Waals surface area contributed by atoms with E-state index in [0.717, 1.165) is 24.9 Å². The van der Waals surface area contributed by atoms with Gasteiger partial charge in [0.25, 0.3) is 0 Å². The van der Waals surface area contributed by atoms with Crippen LogP contribution in [0.2, 0.25) is 5.02 Å². The summed E-state index contributed by atoms with van der Waals surface area (Å²) in [5.41, 5.74) is 1.02. The lowest BCUT2D eigenvalue weighted by Gasteiger charge is -2.07. The smallest absolute Gasteiger partial charge is 0.223 e. The molecule has 0 radical (unpaired) electrons. The molecule has 1 amide bonds. The van der Waals surface area contributed by atoms with Crippen molar-refractivity contribution < 1.29 is 4.79 Å². The molecule has 1 saturated carbocycles. The molecule has 0 saturated heterocycles. The van der Waals surface area contributed by atoms with E-state index in [9.17, 15) is 4.79 Å². The third kappa shape index (κ3) is 3.98. The lowest BCUT2D eigenvalue weighted by atomic mass is 10.2. The van der Waals surface area contributed by atoms with Gasteiger partial charge < -0.3 is 10.6 Å². The lowest BCUT2D eigenvalue weighted by molar-refractivity contribution is -0.122. The Balaban J connectivity index is 1.59. The molecule has 5 heteroatoms. The van der Waals surface area contributed by atoms with Crippen LogP contribution in [0.3, 0.4) is 0 Å². The summed E-state index contributed by atoms with van der Waals surface area (Å²) in [6, 6.07) is 1.89. The van der Waals surface area contributed by atoms with Crippen LogP contribution in [0.25, 0.3) is 0 Å². The summed E-state index contributed by atoms with van der Waals surface area (Å²) in [5, 5.41) is 6.80. The molecule has 0 bridgehead atoms. The second kappa shape index (κ2) is 5.98. The molecule has 1 heterocycles. The number of pyridine rings is 1. The minimum atomic E-state index is 0.189. The zero-order chi connectivity index (χ0) is 12.1. The molecule has 0 aliphatic heterocycles. The van der Waals surface area contributed by atoms with E-state index in [-0.39, 0.29) is 11.8 Å². The van der Waals surface area contributed by atoms with Crippen LogP contribution in [0.5, 0.6) is 0 Å². The standard InChI is InChI=1S/C12H16ClN3O/c13-11-8-14-4-3-10(11)7-15-5-6-16-12(17)9-1-2-9/h3-4,8-9,15H,1-2,5-7H2,(H,16,17).